The normalized spacial score (nSPS) is 14.4. The largest absolute Gasteiger partial charge is 0.439 e. The lowest BCUT2D eigenvalue weighted by atomic mass is 9.95. The van der Waals surface area contributed by atoms with Crippen molar-refractivity contribution in [3.63, 3.8) is 0 Å². The predicted molar refractivity (Wildman–Crippen MR) is 127 cm³/mol. The number of aromatic nitrogens is 4. The second kappa shape index (κ2) is 9.14. The van der Waals surface area contributed by atoms with Gasteiger partial charge in [-0.3, -0.25) is 0 Å². The van der Waals surface area contributed by atoms with E-state index in [1.165, 1.54) is 31.4 Å². The number of benzene rings is 2. The van der Waals surface area contributed by atoms with Crippen LogP contribution in [0, 0.1) is 19.7 Å². The molecule has 0 atom stereocenters. The van der Waals surface area contributed by atoms with Crippen molar-refractivity contribution >= 4 is 0 Å². The molecule has 0 bridgehead atoms. The van der Waals surface area contributed by atoms with E-state index in [9.17, 15) is 4.39 Å². The van der Waals surface area contributed by atoms with Crippen molar-refractivity contribution in [2.24, 2.45) is 0 Å². The first kappa shape index (κ1) is 21.3. The summed E-state index contributed by atoms with van der Waals surface area (Å²) in [5.74, 6) is 0.996. The Morgan fingerprint density at radius 1 is 0.909 bits per heavy atom. The van der Waals surface area contributed by atoms with E-state index in [0.717, 1.165) is 46.7 Å². The van der Waals surface area contributed by atoms with Gasteiger partial charge in [0.15, 0.2) is 0 Å². The van der Waals surface area contributed by atoms with Crippen molar-refractivity contribution in [2.45, 2.75) is 52.0 Å². The van der Waals surface area contributed by atoms with Crippen molar-refractivity contribution in [2.75, 3.05) is 0 Å². The van der Waals surface area contributed by atoms with E-state index in [1.54, 1.807) is 12.1 Å². The topological polar surface area (TPSA) is 52.8 Å². The summed E-state index contributed by atoms with van der Waals surface area (Å²) < 4.78 is 21.7. The number of nitrogens with zero attached hydrogens (tertiary/aromatic N) is 4. The Hall–Kier alpha value is -3.54. The summed E-state index contributed by atoms with van der Waals surface area (Å²) in [5.41, 5.74) is 5.39. The fourth-order valence-electron chi connectivity index (χ4n) is 4.63. The highest BCUT2D eigenvalue weighted by molar-refractivity contribution is 5.76. The molecule has 1 aliphatic rings. The van der Waals surface area contributed by atoms with E-state index < -0.39 is 0 Å². The standard InChI is InChI=1S/C27H27FN4O/c1-18-15-19(2)17-23(16-18)33-25-10-6-9-24(29-25)27-26(20-11-13-21(28)14-12-20)30-31-32(27)22-7-4-3-5-8-22/h6,9-17,22H,3-5,7-8H2,1-2H3. The Kier molecular flexibility index (Phi) is 5.90. The van der Waals surface area contributed by atoms with Gasteiger partial charge in [0.05, 0.1) is 11.7 Å². The maximum atomic E-state index is 13.6. The van der Waals surface area contributed by atoms with E-state index in [2.05, 4.69) is 16.4 Å². The molecule has 2 aromatic heterocycles. The van der Waals surface area contributed by atoms with Crippen molar-refractivity contribution in [1.29, 1.82) is 0 Å². The molecule has 168 valence electrons. The number of aryl methyl sites for hydroxylation is 2. The third-order valence-corrected chi connectivity index (χ3v) is 6.12. The molecule has 0 amide bonds. The molecule has 0 saturated heterocycles. The average Bonchev–Trinajstić information content (AvgIpc) is 3.25. The Morgan fingerprint density at radius 2 is 1.64 bits per heavy atom. The SMILES string of the molecule is Cc1cc(C)cc(Oc2cccc(-c3c(-c4ccc(F)cc4)nnn3C3CCCCC3)n2)c1. The number of halogens is 1. The lowest BCUT2D eigenvalue weighted by Crippen LogP contribution is -2.15. The van der Waals surface area contributed by atoms with Gasteiger partial charge in [0.25, 0.3) is 0 Å². The van der Waals surface area contributed by atoms with E-state index in [-0.39, 0.29) is 11.9 Å². The molecule has 2 heterocycles. The van der Waals surface area contributed by atoms with Gasteiger partial charge in [0, 0.05) is 11.6 Å². The number of hydrogen-bond donors (Lipinski definition) is 0. The van der Waals surface area contributed by atoms with Gasteiger partial charge in [-0.1, -0.05) is 36.6 Å². The number of pyridine rings is 1. The summed E-state index contributed by atoms with van der Waals surface area (Å²) in [7, 11) is 0. The second-order valence-corrected chi connectivity index (χ2v) is 8.82. The molecule has 5 rings (SSSR count). The quantitative estimate of drug-likeness (QED) is 0.332. The van der Waals surface area contributed by atoms with Gasteiger partial charge in [-0.25, -0.2) is 14.1 Å². The Morgan fingerprint density at radius 3 is 2.36 bits per heavy atom. The highest BCUT2D eigenvalue weighted by atomic mass is 19.1. The zero-order valence-electron chi connectivity index (χ0n) is 19.0. The third-order valence-electron chi connectivity index (χ3n) is 6.12. The van der Waals surface area contributed by atoms with Gasteiger partial charge in [-0.05, 0) is 80.3 Å². The third kappa shape index (κ3) is 4.65. The number of hydrogen-bond acceptors (Lipinski definition) is 4. The molecule has 1 saturated carbocycles. The summed E-state index contributed by atoms with van der Waals surface area (Å²) >= 11 is 0. The van der Waals surface area contributed by atoms with Gasteiger partial charge in [0.2, 0.25) is 5.88 Å². The molecule has 0 unspecified atom stereocenters. The van der Waals surface area contributed by atoms with Crippen molar-refractivity contribution in [3.05, 3.63) is 77.6 Å². The Labute approximate surface area is 193 Å². The highest BCUT2D eigenvalue weighted by Gasteiger charge is 2.25. The first-order valence-electron chi connectivity index (χ1n) is 11.5. The van der Waals surface area contributed by atoms with E-state index in [4.69, 9.17) is 9.72 Å². The molecule has 4 aromatic rings. The summed E-state index contributed by atoms with van der Waals surface area (Å²) in [6, 6.07) is 18.5. The molecule has 1 fully saturated rings. The van der Waals surface area contributed by atoms with Crippen LogP contribution in [0.25, 0.3) is 22.6 Å². The van der Waals surface area contributed by atoms with Crippen LogP contribution < -0.4 is 4.74 Å². The van der Waals surface area contributed by atoms with Gasteiger partial charge in [-0.2, -0.15) is 0 Å². The molecular weight excluding hydrogens is 415 g/mol. The summed E-state index contributed by atoms with van der Waals surface area (Å²) in [5, 5.41) is 9.06. The molecule has 33 heavy (non-hydrogen) atoms. The minimum atomic E-state index is -0.276. The summed E-state index contributed by atoms with van der Waals surface area (Å²) in [6.45, 7) is 4.10. The highest BCUT2D eigenvalue weighted by Crippen LogP contribution is 2.36. The van der Waals surface area contributed by atoms with Gasteiger partial charge in [0.1, 0.15) is 23.0 Å². The maximum absolute atomic E-state index is 13.6. The van der Waals surface area contributed by atoms with Crippen LogP contribution in [0.1, 0.15) is 49.3 Å². The van der Waals surface area contributed by atoms with Crippen LogP contribution in [0.5, 0.6) is 11.6 Å². The van der Waals surface area contributed by atoms with Crippen molar-refractivity contribution in [3.8, 4) is 34.3 Å². The Balaban J connectivity index is 1.57. The molecule has 0 radical (unpaired) electrons. The predicted octanol–water partition coefficient (Wildman–Crippen LogP) is 7.06. The molecular formula is C27H27FN4O. The molecule has 0 aliphatic heterocycles. The monoisotopic (exact) mass is 442 g/mol. The van der Waals surface area contributed by atoms with Crippen LogP contribution in [0.15, 0.2) is 60.7 Å². The van der Waals surface area contributed by atoms with E-state index >= 15 is 0 Å². The Bertz CT molecular complexity index is 1240. The van der Waals surface area contributed by atoms with Crippen LogP contribution in [0.4, 0.5) is 4.39 Å². The maximum Gasteiger partial charge on any atom is 0.219 e. The molecule has 0 spiro atoms. The zero-order chi connectivity index (χ0) is 22.8. The first-order valence-corrected chi connectivity index (χ1v) is 11.5. The zero-order valence-corrected chi connectivity index (χ0v) is 19.0. The van der Waals surface area contributed by atoms with E-state index in [1.807, 2.05) is 48.9 Å². The minimum absolute atomic E-state index is 0.276. The fraction of sp³-hybridized carbons (Fsp3) is 0.296. The van der Waals surface area contributed by atoms with Crippen LogP contribution in [-0.2, 0) is 0 Å². The molecule has 6 heteroatoms. The lowest BCUT2D eigenvalue weighted by molar-refractivity contribution is 0.326. The van der Waals surface area contributed by atoms with Gasteiger partial charge >= 0.3 is 0 Å². The molecule has 1 aliphatic carbocycles. The van der Waals surface area contributed by atoms with Crippen LogP contribution in [-0.4, -0.2) is 20.0 Å². The van der Waals surface area contributed by atoms with Crippen LogP contribution >= 0.6 is 0 Å². The number of ether oxygens (including phenoxy) is 1. The molecule has 5 nitrogen and oxygen atoms in total. The first-order chi connectivity index (χ1) is 16.1. The van der Waals surface area contributed by atoms with Crippen LogP contribution in [0.3, 0.4) is 0 Å². The second-order valence-electron chi connectivity index (χ2n) is 8.82. The molecule has 0 N–H and O–H groups in total. The average molecular weight is 443 g/mol. The van der Waals surface area contributed by atoms with Crippen molar-refractivity contribution < 1.29 is 9.13 Å². The summed E-state index contributed by atoms with van der Waals surface area (Å²) in [4.78, 5) is 4.83. The molecule has 2 aromatic carbocycles. The number of rotatable bonds is 5. The minimum Gasteiger partial charge on any atom is -0.439 e. The van der Waals surface area contributed by atoms with Crippen LogP contribution in [0.2, 0.25) is 0 Å². The smallest absolute Gasteiger partial charge is 0.219 e. The summed E-state index contributed by atoms with van der Waals surface area (Å²) in [6.07, 6.45) is 5.75. The van der Waals surface area contributed by atoms with E-state index in [0.29, 0.717) is 11.6 Å². The lowest BCUT2D eigenvalue weighted by Gasteiger charge is -2.23. The van der Waals surface area contributed by atoms with Gasteiger partial charge < -0.3 is 4.74 Å². The fourth-order valence-corrected chi connectivity index (χ4v) is 4.63. The van der Waals surface area contributed by atoms with Crippen molar-refractivity contribution in [1.82, 2.24) is 20.0 Å². The van der Waals surface area contributed by atoms with Gasteiger partial charge in [-0.15, -0.1) is 5.10 Å².